The second-order valence-corrected chi connectivity index (χ2v) is 8.35. The van der Waals surface area contributed by atoms with Crippen LogP contribution in [0, 0.1) is 0 Å². The summed E-state index contributed by atoms with van der Waals surface area (Å²) in [6.07, 6.45) is 6.32. The lowest BCUT2D eigenvalue weighted by molar-refractivity contribution is -0.929. The minimum Gasteiger partial charge on any atom is -0.445 e. The first-order valence-electron chi connectivity index (χ1n) is 11.7. The summed E-state index contributed by atoms with van der Waals surface area (Å²) < 4.78 is 73.6. The van der Waals surface area contributed by atoms with E-state index in [0.29, 0.717) is 12.1 Å². The molecule has 0 aromatic heterocycles. The molecule has 0 amide bonds. The van der Waals surface area contributed by atoms with Crippen LogP contribution in [0.4, 0.5) is 26.1 Å². The van der Waals surface area contributed by atoms with E-state index in [1.165, 1.54) is 82.0 Å². The van der Waals surface area contributed by atoms with Gasteiger partial charge in [0.15, 0.2) is 0 Å². The molecule has 1 nitrogen and oxygen atoms in total. The number of rotatable bonds is 13. The van der Waals surface area contributed by atoms with Crippen LogP contribution in [-0.4, -0.2) is 37.6 Å². The number of alkyl halides is 3. The fraction of sp³-hybridized carbons (Fsp3) is 0.739. The van der Waals surface area contributed by atoms with Crippen LogP contribution in [0.3, 0.4) is 0 Å². The van der Waals surface area contributed by atoms with Crippen molar-refractivity contribution < 1.29 is 30.6 Å². The van der Waals surface area contributed by atoms with Crippen molar-refractivity contribution in [2.45, 2.75) is 85.2 Å². The molecule has 1 aromatic rings. The van der Waals surface area contributed by atoms with Crippen molar-refractivity contribution in [1.82, 2.24) is 0 Å². The molecule has 0 aliphatic rings. The number of hydrogen-bond acceptors (Lipinski definition) is 0. The van der Waals surface area contributed by atoms with Crippen molar-refractivity contribution in [1.29, 1.82) is 0 Å². The predicted octanol–water partition coefficient (Wildman–Crippen LogP) is 7.76. The Morgan fingerprint density at radius 3 is 1.39 bits per heavy atom. The van der Waals surface area contributed by atoms with E-state index in [4.69, 9.17) is 0 Å². The van der Waals surface area contributed by atoms with E-state index in [1.54, 1.807) is 0 Å². The molecule has 0 bridgehead atoms. The van der Waals surface area contributed by atoms with Crippen molar-refractivity contribution in [3.05, 3.63) is 29.8 Å². The molecule has 1 rings (SSSR count). The van der Waals surface area contributed by atoms with Crippen LogP contribution in [0.15, 0.2) is 24.3 Å². The molecule has 8 heteroatoms. The van der Waals surface area contributed by atoms with E-state index in [9.17, 15) is 26.1 Å². The molecule has 0 spiro atoms. The van der Waals surface area contributed by atoms with E-state index < -0.39 is 24.2 Å². The third kappa shape index (κ3) is 12.4. The van der Waals surface area contributed by atoms with Gasteiger partial charge in [0.1, 0.15) is 0 Å². The second kappa shape index (κ2) is 14.8. The molecule has 0 radical (unpaired) electrons. The van der Waals surface area contributed by atoms with E-state index in [0.717, 1.165) is 6.07 Å². The lowest BCUT2D eigenvalue weighted by Crippen LogP contribution is -2.50. The standard InChI is InChI=1S/C16H36N.C7H4BF6/c1-5-9-13-17(14-10-6-2,15-11-7-3)16-12-8-4;9-7(10,11)5-2-1-3-6(4-5)8(12,13)14/h5-16H2,1-4H3;1-4H/q+1;-1. The smallest absolute Gasteiger partial charge is 0.445 e. The van der Waals surface area contributed by atoms with Crippen LogP contribution in [-0.2, 0) is 6.18 Å². The third-order valence-electron chi connectivity index (χ3n) is 5.54. The number of hydrogen-bond donors (Lipinski definition) is 0. The lowest BCUT2D eigenvalue weighted by atomic mass is 9.79. The number of nitrogens with zero attached hydrogens (tertiary/aromatic N) is 1. The first-order chi connectivity index (χ1) is 14.5. The van der Waals surface area contributed by atoms with E-state index in [1.807, 2.05) is 0 Å². The van der Waals surface area contributed by atoms with Crippen LogP contribution in [0.5, 0.6) is 0 Å². The van der Waals surface area contributed by atoms with Crippen molar-refractivity contribution in [2.24, 2.45) is 0 Å². The maximum absolute atomic E-state index is 12.1. The Hall–Kier alpha value is -1.18. The summed E-state index contributed by atoms with van der Waals surface area (Å²) in [6, 6.07) is 2.08. The molecule has 0 N–H and O–H groups in total. The molecule has 0 saturated heterocycles. The first-order valence-corrected chi connectivity index (χ1v) is 11.7. The number of halogens is 6. The van der Waals surface area contributed by atoms with E-state index >= 15 is 0 Å². The largest absolute Gasteiger partial charge is 0.509 e. The van der Waals surface area contributed by atoms with Crippen LogP contribution in [0.1, 0.15) is 84.6 Å². The Morgan fingerprint density at radius 2 is 1.10 bits per heavy atom. The quantitative estimate of drug-likeness (QED) is 0.162. The summed E-state index contributed by atoms with van der Waals surface area (Å²) in [4.78, 5) is 0. The highest BCUT2D eigenvalue weighted by atomic mass is 19.4. The molecule has 0 atom stereocenters. The van der Waals surface area contributed by atoms with Gasteiger partial charge in [-0.25, -0.2) is 0 Å². The van der Waals surface area contributed by atoms with Gasteiger partial charge < -0.3 is 17.4 Å². The van der Waals surface area contributed by atoms with Crippen molar-refractivity contribution in [3.8, 4) is 0 Å². The lowest BCUT2D eigenvalue weighted by Gasteiger charge is -2.39. The molecule has 31 heavy (non-hydrogen) atoms. The van der Waals surface area contributed by atoms with Crippen molar-refractivity contribution >= 4 is 12.4 Å². The predicted molar refractivity (Wildman–Crippen MR) is 120 cm³/mol. The number of benzene rings is 1. The molecule has 182 valence electrons. The summed E-state index contributed by atoms with van der Waals surface area (Å²) in [5.74, 6) is 0. The molecule has 0 unspecified atom stereocenters. The fourth-order valence-electron chi connectivity index (χ4n) is 3.56. The number of unbranched alkanes of at least 4 members (excludes halogenated alkanes) is 4. The van der Waals surface area contributed by atoms with E-state index in [-0.39, 0.29) is 6.07 Å². The van der Waals surface area contributed by atoms with Gasteiger partial charge >= 0.3 is 13.2 Å². The van der Waals surface area contributed by atoms with Gasteiger partial charge in [0.25, 0.3) is 0 Å². The number of quaternary nitrogens is 1. The fourth-order valence-corrected chi connectivity index (χ4v) is 3.56. The molecule has 1 aromatic carbocycles. The zero-order chi connectivity index (χ0) is 24.0. The average molecular weight is 455 g/mol. The normalized spacial score (nSPS) is 12.5. The zero-order valence-electron chi connectivity index (χ0n) is 19.6. The Kier molecular flexibility index (Phi) is 14.2. The summed E-state index contributed by atoms with van der Waals surface area (Å²) in [7, 11) is 0. The van der Waals surface area contributed by atoms with Gasteiger partial charge in [-0.05, 0) is 25.7 Å². The second-order valence-electron chi connectivity index (χ2n) is 8.35. The summed E-state index contributed by atoms with van der Waals surface area (Å²) in [5.41, 5.74) is -2.52. The molecule has 0 fully saturated rings. The Balaban J connectivity index is 0.000000590. The zero-order valence-corrected chi connectivity index (χ0v) is 19.6. The van der Waals surface area contributed by atoms with Gasteiger partial charge in [-0.2, -0.15) is 13.2 Å². The SMILES string of the molecule is CCCC[N+](CCCC)(CCCC)CCCC.F[B-](F)(F)c1cccc(C(F)(F)F)c1. The van der Waals surface area contributed by atoms with E-state index in [2.05, 4.69) is 27.7 Å². The Labute approximate surface area is 184 Å². The van der Waals surface area contributed by atoms with Gasteiger partial charge in [-0.1, -0.05) is 77.6 Å². The minimum atomic E-state index is -5.38. The average Bonchev–Trinajstić information content (AvgIpc) is 2.72. The topological polar surface area (TPSA) is 0 Å². The van der Waals surface area contributed by atoms with Gasteiger partial charge in [-0.3, -0.25) is 0 Å². The molecule has 0 aliphatic heterocycles. The monoisotopic (exact) mass is 455 g/mol. The molecule has 0 saturated carbocycles. The third-order valence-corrected chi connectivity index (χ3v) is 5.54. The van der Waals surface area contributed by atoms with Gasteiger partial charge in [0.05, 0.1) is 31.7 Å². The molecular weight excluding hydrogens is 415 g/mol. The molecular formula is C23H40BF6N. The van der Waals surface area contributed by atoms with Crippen LogP contribution < -0.4 is 5.46 Å². The Morgan fingerprint density at radius 1 is 0.710 bits per heavy atom. The molecule has 0 aliphatic carbocycles. The van der Waals surface area contributed by atoms with Crippen molar-refractivity contribution in [3.63, 3.8) is 0 Å². The maximum atomic E-state index is 12.1. The Bertz CT molecular complexity index is 519. The summed E-state index contributed by atoms with van der Waals surface area (Å²) in [5, 5.41) is 0. The van der Waals surface area contributed by atoms with Gasteiger partial charge in [0, 0.05) is 0 Å². The molecule has 0 heterocycles. The maximum Gasteiger partial charge on any atom is 0.509 e. The summed E-state index contributed by atoms with van der Waals surface area (Å²) >= 11 is 0. The van der Waals surface area contributed by atoms with Crippen LogP contribution >= 0.6 is 0 Å². The highest BCUT2D eigenvalue weighted by Gasteiger charge is 2.33. The van der Waals surface area contributed by atoms with Gasteiger partial charge in [0.2, 0.25) is 0 Å². The van der Waals surface area contributed by atoms with Crippen molar-refractivity contribution in [2.75, 3.05) is 26.2 Å². The van der Waals surface area contributed by atoms with Crippen LogP contribution in [0.2, 0.25) is 0 Å². The van der Waals surface area contributed by atoms with Crippen LogP contribution in [0.25, 0.3) is 0 Å². The summed E-state index contributed by atoms with van der Waals surface area (Å²) in [6.45, 7) is 9.64. The minimum absolute atomic E-state index is 0.111. The van der Waals surface area contributed by atoms with Gasteiger partial charge in [-0.15, -0.1) is 5.46 Å². The first kappa shape index (κ1) is 29.8. The highest BCUT2D eigenvalue weighted by molar-refractivity contribution is 6.73. The highest BCUT2D eigenvalue weighted by Crippen LogP contribution is 2.28.